The molecule has 0 radical (unpaired) electrons. The van der Waals surface area contributed by atoms with E-state index in [9.17, 15) is 0 Å². The highest BCUT2D eigenvalue weighted by Crippen LogP contribution is 2.29. The summed E-state index contributed by atoms with van der Waals surface area (Å²) in [5.41, 5.74) is 6.07. The Morgan fingerprint density at radius 3 is 3.05 bits per heavy atom. The summed E-state index contributed by atoms with van der Waals surface area (Å²) in [4.78, 5) is 6.84. The quantitative estimate of drug-likeness (QED) is 0.896. The van der Waals surface area contributed by atoms with Crippen LogP contribution in [0.5, 0.6) is 5.75 Å². The minimum absolute atomic E-state index is 0.247. The minimum Gasteiger partial charge on any atom is -0.497 e. The van der Waals surface area contributed by atoms with Gasteiger partial charge in [0.15, 0.2) is 0 Å². The van der Waals surface area contributed by atoms with Crippen LogP contribution in [0, 0.1) is 0 Å². The Kier molecular flexibility index (Phi) is 3.25. The number of piperidine rings is 1. The SMILES string of the molecule is COc1ccc2ccnc(N3CCCC(N)C3)c2c1. The van der Waals surface area contributed by atoms with Crippen LogP contribution in [0.4, 0.5) is 5.82 Å². The van der Waals surface area contributed by atoms with E-state index in [1.165, 1.54) is 5.39 Å². The second-order valence-electron chi connectivity index (χ2n) is 5.07. The molecule has 0 spiro atoms. The van der Waals surface area contributed by atoms with Crippen molar-refractivity contribution in [1.29, 1.82) is 0 Å². The number of pyridine rings is 1. The second kappa shape index (κ2) is 5.05. The zero-order valence-electron chi connectivity index (χ0n) is 11.2. The largest absolute Gasteiger partial charge is 0.497 e. The number of aromatic nitrogens is 1. The highest BCUT2D eigenvalue weighted by Gasteiger charge is 2.19. The van der Waals surface area contributed by atoms with E-state index in [1.54, 1.807) is 7.11 Å². The Morgan fingerprint density at radius 2 is 2.26 bits per heavy atom. The van der Waals surface area contributed by atoms with Crippen molar-refractivity contribution >= 4 is 16.6 Å². The van der Waals surface area contributed by atoms with Crippen molar-refractivity contribution in [3.63, 3.8) is 0 Å². The van der Waals surface area contributed by atoms with E-state index >= 15 is 0 Å². The van der Waals surface area contributed by atoms with Crippen molar-refractivity contribution in [3.05, 3.63) is 30.5 Å². The van der Waals surface area contributed by atoms with Crippen LogP contribution in [-0.2, 0) is 0 Å². The Hall–Kier alpha value is -1.81. The lowest BCUT2D eigenvalue weighted by molar-refractivity contribution is 0.415. The second-order valence-corrected chi connectivity index (χ2v) is 5.07. The molecule has 1 aromatic heterocycles. The van der Waals surface area contributed by atoms with Gasteiger partial charge in [0, 0.05) is 30.7 Å². The van der Waals surface area contributed by atoms with E-state index in [1.807, 2.05) is 18.3 Å². The number of methoxy groups -OCH3 is 1. The van der Waals surface area contributed by atoms with Gasteiger partial charge < -0.3 is 15.4 Å². The number of fused-ring (bicyclic) bond motifs is 1. The van der Waals surface area contributed by atoms with Gasteiger partial charge in [0.2, 0.25) is 0 Å². The molecule has 100 valence electrons. The Morgan fingerprint density at radius 1 is 1.37 bits per heavy atom. The monoisotopic (exact) mass is 257 g/mol. The van der Waals surface area contributed by atoms with E-state index in [-0.39, 0.29) is 6.04 Å². The molecule has 1 fully saturated rings. The molecule has 4 heteroatoms. The molecule has 0 saturated carbocycles. The van der Waals surface area contributed by atoms with Crippen LogP contribution in [0.3, 0.4) is 0 Å². The van der Waals surface area contributed by atoms with Gasteiger partial charge in [-0.1, -0.05) is 6.07 Å². The van der Waals surface area contributed by atoms with E-state index < -0.39 is 0 Å². The summed E-state index contributed by atoms with van der Waals surface area (Å²) in [7, 11) is 1.69. The molecule has 2 heterocycles. The average Bonchev–Trinajstić information content (AvgIpc) is 2.46. The third-order valence-corrected chi connectivity index (χ3v) is 3.71. The zero-order chi connectivity index (χ0) is 13.2. The van der Waals surface area contributed by atoms with Crippen molar-refractivity contribution in [2.75, 3.05) is 25.1 Å². The molecule has 1 saturated heterocycles. The summed E-state index contributed by atoms with van der Waals surface area (Å²) in [6, 6.07) is 8.38. The lowest BCUT2D eigenvalue weighted by atomic mass is 10.1. The first-order chi connectivity index (χ1) is 9.28. The number of ether oxygens (including phenoxy) is 1. The van der Waals surface area contributed by atoms with Crippen molar-refractivity contribution in [3.8, 4) is 5.75 Å². The first-order valence-corrected chi connectivity index (χ1v) is 6.71. The maximum atomic E-state index is 6.07. The van der Waals surface area contributed by atoms with Gasteiger partial charge in [-0.15, -0.1) is 0 Å². The van der Waals surface area contributed by atoms with Gasteiger partial charge >= 0.3 is 0 Å². The Labute approximate surface area is 113 Å². The van der Waals surface area contributed by atoms with Crippen molar-refractivity contribution in [2.24, 2.45) is 5.73 Å². The van der Waals surface area contributed by atoms with Crippen LogP contribution in [0.1, 0.15) is 12.8 Å². The smallest absolute Gasteiger partial charge is 0.136 e. The Bertz CT molecular complexity index is 585. The highest BCUT2D eigenvalue weighted by molar-refractivity contribution is 5.93. The van der Waals surface area contributed by atoms with Crippen molar-refractivity contribution in [2.45, 2.75) is 18.9 Å². The van der Waals surface area contributed by atoms with Crippen LogP contribution in [0.15, 0.2) is 30.5 Å². The summed E-state index contributed by atoms with van der Waals surface area (Å²) >= 11 is 0. The lowest BCUT2D eigenvalue weighted by Gasteiger charge is -2.32. The van der Waals surface area contributed by atoms with Crippen LogP contribution in [0.2, 0.25) is 0 Å². The number of rotatable bonds is 2. The molecular weight excluding hydrogens is 238 g/mol. The molecule has 1 aliphatic heterocycles. The number of anilines is 1. The van der Waals surface area contributed by atoms with Crippen LogP contribution in [-0.4, -0.2) is 31.2 Å². The summed E-state index contributed by atoms with van der Waals surface area (Å²) in [6.07, 6.45) is 4.10. The van der Waals surface area contributed by atoms with E-state index in [4.69, 9.17) is 10.5 Å². The molecule has 4 nitrogen and oxygen atoms in total. The zero-order valence-corrected chi connectivity index (χ0v) is 11.2. The first-order valence-electron chi connectivity index (χ1n) is 6.71. The fourth-order valence-electron chi connectivity index (χ4n) is 2.71. The summed E-state index contributed by atoms with van der Waals surface area (Å²) < 4.78 is 5.31. The standard InChI is InChI=1S/C15H19N3O/c1-19-13-5-4-11-6-7-17-15(14(11)9-13)18-8-2-3-12(16)10-18/h4-7,9,12H,2-3,8,10,16H2,1H3. The molecule has 0 aliphatic carbocycles. The Balaban J connectivity index is 2.06. The van der Waals surface area contributed by atoms with Gasteiger partial charge in [-0.25, -0.2) is 4.98 Å². The van der Waals surface area contributed by atoms with Gasteiger partial charge in [-0.2, -0.15) is 0 Å². The average molecular weight is 257 g/mol. The van der Waals surface area contributed by atoms with E-state index in [0.29, 0.717) is 0 Å². The van der Waals surface area contributed by atoms with Crippen LogP contribution in [0.25, 0.3) is 10.8 Å². The molecule has 1 unspecified atom stereocenters. The predicted molar refractivity (Wildman–Crippen MR) is 77.7 cm³/mol. The lowest BCUT2D eigenvalue weighted by Crippen LogP contribution is -2.43. The molecule has 0 amide bonds. The highest BCUT2D eigenvalue weighted by atomic mass is 16.5. The van der Waals surface area contributed by atoms with Gasteiger partial charge in [0.25, 0.3) is 0 Å². The van der Waals surface area contributed by atoms with Gasteiger partial charge in [0.1, 0.15) is 11.6 Å². The summed E-state index contributed by atoms with van der Waals surface area (Å²) in [6.45, 7) is 1.90. The number of hydrogen-bond donors (Lipinski definition) is 1. The van der Waals surface area contributed by atoms with Crippen LogP contribution >= 0.6 is 0 Å². The molecule has 1 atom stereocenters. The number of nitrogens with zero attached hydrogens (tertiary/aromatic N) is 2. The maximum Gasteiger partial charge on any atom is 0.136 e. The minimum atomic E-state index is 0.247. The topological polar surface area (TPSA) is 51.4 Å². The third-order valence-electron chi connectivity index (χ3n) is 3.71. The van der Waals surface area contributed by atoms with E-state index in [0.717, 1.165) is 42.9 Å². The molecule has 2 N–H and O–H groups in total. The molecule has 3 rings (SSSR count). The van der Waals surface area contributed by atoms with Gasteiger partial charge in [-0.3, -0.25) is 0 Å². The fourth-order valence-corrected chi connectivity index (χ4v) is 2.71. The molecule has 1 aliphatic rings. The number of benzene rings is 1. The van der Waals surface area contributed by atoms with Crippen molar-refractivity contribution < 1.29 is 4.74 Å². The fraction of sp³-hybridized carbons (Fsp3) is 0.400. The maximum absolute atomic E-state index is 6.07. The van der Waals surface area contributed by atoms with Crippen LogP contribution < -0.4 is 15.4 Å². The van der Waals surface area contributed by atoms with Gasteiger partial charge in [0.05, 0.1) is 7.11 Å². The molecule has 19 heavy (non-hydrogen) atoms. The first kappa shape index (κ1) is 12.2. The molecular formula is C15H19N3O. The molecule has 0 bridgehead atoms. The normalized spacial score (nSPS) is 19.7. The summed E-state index contributed by atoms with van der Waals surface area (Å²) in [5.74, 6) is 1.88. The van der Waals surface area contributed by atoms with Gasteiger partial charge in [-0.05, 0) is 36.4 Å². The molecule has 1 aromatic carbocycles. The number of hydrogen-bond acceptors (Lipinski definition) is 4. The number of nitrogens with two attached hydrogens (primary N) is 1. The molecule has 2 aromatic rings. The summed E-state index contributed by atoms with van der Waals surface area (Å²) in [5, 5.41) is 2.32. The van der Waals surface area contributed by atoms with Crippen molar-refractivity contribution in [1.82, 2.24) is 4.98 Å². The predicted octanol–water partition coefficient (Wildman–Crippen LogP) is 2.17. The van der Waals surface area contributed by atoms with E-state index in [2.05, 4.69) is 22.0 Å². The third kappa shape index (κ3) is 2.36.